The largest absolute Gasteiger partial charge is 0.435 e. The van der Waals surface area contributed by atoms with Crippen molar-refractivity contribution in [2.45, 2.75) is 25.6 Å². The number of thioether (sulfide) groups is 1. The molecular formula is C19H19F2N5O2S. The van der Waals surface area contributed by atoms with E-state index >= 15 is 0 Å². The van der Waals surface area contributed by atoms with E-state index in [1.807, 2.05) is 32.0 Å². The fourth-order valence-electron chi connectivity index (χ4n) is 2.56. The van der Waals surface area contributed by atoms with Crippen molar-refractivity contribution in [1.29, 1.82) is 0 Å². The molecule has 0 fully saturated rings. The summed E-state index contributed by atoms with van der Waals surface area (Å²) in [7, 11) is 0. The van der Waals surface area contributed by atoms with E-state index in [0.717, 1.165) is 28.6 Å². The van der Waals surface area contributed by atoms with Crippen molar-refractivity contribution in [3.05, 3.63) is 53.6 Å². The summed E-state index contributed by atoms with van der Waals surface area (Å²) < 4.78 is 30.0. The van der Waals surface area contributed by atoms with Gasteiger partial charge < -0.3 is 15.9 Å². The minimum absolute atomic E-state index is 0.0320. The average molecular weight is 419 g/mol. The maximum atomic E-state index is 12.3. The molecule has 1 aromatic heterocycles. The molecule has 7 nitrogen and oxygen atoms in total. The fourth-order valence-corrected chi connectivity index (χ4v) is 3.22. The topological polar surface area (TPSA) is 95.1 Å². The van der Waals surface area contributed by atoms with E-state index in [2.05, 4.69) is 20.3 Å². The highest BCUT2D eigenvalue weighted by molar-refractivity contribution is 7.99. The van der Waals surface area contributed by atoms with Gasteiger partial charge in [-0.1, -0.05) is 23.9 Å². The third-order valence-corrected chi connectivity index (χ3v) is 5.16. The number of rotatable bonds is 7. The van der Waals surface area contributed by atoms with E-state index < -0.39 is 6.61 Å². The second-order valence-corrected chi connectivity index (χ2v) is 7.11. The third kappa shape index (κ3) is 5.02. The Morgan fingerprint density at radius 2 is 1.93 bits per heavy atom. The molecule has 3 aromatic rings. The molecule has 29 heavy (non-hydrogen) atoms. The van der Waals surface area contributed by atoms with Gasteiger partial charge in [0.2, 0.25) is 11.1 Å². The van der Waals surface area contributed by atoms with E-state index in [-0.39, 0.29) is 17.4 Å². The zero-order chi connectivity index (χ0) is 21.0. The van der Waals surface area contributed by atoms with Crippen LogP contribution in [0.25, 0.3) is 11.4 Å². The molecule has 10 heteroatoms. The smallest absolute Gasteiger partial charge is 0.387 e. The highest BCUT2D eigenvalue weighted by atomic mass is 32.2. The summed E-state index contributed by atoms with van der Waals surface area (Å²) in [6, 6.07) is 11.6. The molecule has 0 radical (unpaired) electrons. The van der Waals surface area contributed by atoms with Crippen LogP contribution in [0, 0.1) is 13.8 Å². The fraction of sp³-hybridized carbons (Fsp3) is 0.211. The van der Waals surface area contributed by atoms with Gasteiger partial charge in [0.25, 0.3) is 0 Å². The number of carbonyl (C=O) groups excluding carboxylic acids is 1. The second-order valence-electron chi connectivity index (χ2n) is 6.16. The Bertz CT molecular complexity index is 1010. The molecular weight excluding hydrogens is 400 g/mol. The summed E-state index contributed by atoms with van der Waals surface area (Å²) in [5, 5.41) is 11.2. The van der Waals surface area contributed by atoms with Crippen molar-refractivity contribution in [2.24, 2.45) is 0 Å². The van der Waals surface area contributed by atoms with Crippen LogP contribution in [0.1, 0.15) is 11.1 Å². The Morgan fingerprint density at radius 1 is 1.21 bits per heavy atom. The van der Waals surface area contributed by atoms with E-state index in [1.165, 1.54) is 16.8 Å². The summed E-state index contributed by atoms with van der Waals surface area (Å²) in [6.07, 6.45) is 0. The lowest BCUT2D eigenvalue weighted by atomic mass is 10.1. The molecule has 0 spiro atoms. The molecule has 1 heterocycles. The van der Waals surface area contributed by atoms with Crippen molar-refractivity contribution in [2.75, 3.05) is 16.9 Å². The van der Waals surface area contributed by atoms with Gasteiger partial charge in [-0.3, -0.25) is 4.79 Å². The van der Waals surface area contributed by atoms with Crippen LogP contribution in [0.3, 0.4) is 0 Å². The maximum absolute atomic E-state index is 12.3. The van der Waals surface area contributed by atoms with Crippen LogP contribution < -0.4 is 15.9 Å². The number of nitrogens with two attached hydrogens (primary N) is 1. The molecule has 0 unspecified atom stereocenters. The monoisotopic (exact) mass is 419 g/mol. The van der Waals surface area contributed by atoms with Gasteiger partial charge in [-0.15, -0.1) is 10.2 Å². The first-order valence-corrected chi connectivity index (χ1v) is 9.58. The number of nitrogens with zero attached hydrogens (tertiary/aromatic N) is 3. The van der Waals surface area contributed by atoms with Crippen molar-refractivity contribution < 1.29 is 18.3 Å². The van der Waals surface area contributed by atoms with Gasteiger partial charge in [0.1, 0.15) is 5.75 Å². The summed E-state index contributed by atoms with van der Waals surface area (Å²) in [6.45, 7) is 1.03. The van der Waals surface area contributed by atoms with Crippen LogP contribution in [-0.4, -0.2) is 33.1 Å². The first-order valence-electron chi connectivity index (χ1n) is 8.59. The third-order valence-electron chi connectivity index (χ3n) is 4.21. The van der Waals surface area contributed by atoms with Gasteiger partial charge in [0.15, 0.2) is 5.82 Å². The Balaban J connectivity index is 1.63. The van der Waals surface area contributed by atoms with Gasteiger partial charge in [0, 0.05) is 11.3 Å². The summed E-state index contributed by atoms with van der Waals surface area (Å²) in [5.74, 6) is 6.30. The SMILES string of the molecule is Cc1cccc(NC(=O)CSc2nnc(-c3ccc(OC(F)F)cc3)n2N)c1C. The second kappa shape index (κ2) is 8.91. The number of anilines is 1. The van der Waals surface area contributed by atoms with E-state index in [0.29, 0.717) is 16.5 Å². The van der Waals surface area contributed by atoms with Crippen LogP contribution in [0.2, 0.25) is 0 Å². The van der Waals surface area contributed by atoms with Gasteiger partial charge in [-0.05, 0) is 55.3 Å². The molecule has 0 saturated heterocycles. The standard InChI is InChI=1S/C19H19F2N5O2S/c1-11-4-3-5-15(12(11)2)23-16(27)10-29-19-25-24-17(26(19)22)13-6-8-14(9-7-13)28-18(20)21/h3-9,18H,10,22H2,1-2H3,(H,23,27). The highest BCUT2D eigenvalue weighted by Crippen LogP contribution is 2.25. The molecule has 3 rings (SSSR count). The summed E-state index contributed by atoms with van der Waals surface area (Å²) in [4.78, 5) is 12.3. The first kappa shape index (κ1) is 20.6. The average Bonchev–Trinajstić information content (AvgIpc) is 3.04. The molecule has 0 aliphatic carbocycles. The van der Waals surface area contributed by atoms with Crippen LogP contribution in [0.15, 0.2) is 47.6 Å². The quantitative estimate of drug-likeness (QED) is 0.449. The molecule has 1 amide bonds. The first-order chi connectivity index (χ1) is 13.8. The predicted octanol–water partition coefficient (Wildman–Crippen LogP) is 3.61. The Kier molecular flexibility index (Phi) is 6.32. The van der Waals surface area contributed by atoms with Crippen molar-refractivity contribution >= 4 is 23.4 Å². The lowest BCUT2D eigenvalue weighted by Gasteiger charge is -2.10. The highest BCUT2D eigenvalue weighted by Gasteiger charge is 2.15. The number of hydrogen-bond donors (Lipinski definition) is 2. The number of nitrogen functional groups attached to an aromatic ring is 1. The Hall–Kier alpha value is -3.14. The number of hydrogen-bond acceptors (Lipinski definition) is 6. The summed E-state index contributed by atoms with van der Waals surface area (Å²) in [5.41, 5.74) is 3.44. The lowest BCUT2D eigenvalue weighted by Crippen LogP contribution is -2.17. The number of halogens is 2. The van der Waals surface area contributed by atoms with Crippen molar-refractivity contribution in [3.63, 3.8) is 0 Å². The lowest BCUT2D eigenvalue weighted by molar-refractivity contribution is -0.113. The molecule has 0 atom stereocenters. The van der Waals surface area contributed by atoms with E-state index in [1.54, 1.807) is 12.1 Å². The van der Waals surface area contributed by atoms with Gasteiger partial charge in [0.05, 0.1) is 5.75 Å². The molecule has 2 aromatic carbocycles. The number of carbonyl (C=O) groups is 1. The normalized spacial score (nSPS) is 10.9. The number of benzene rings is 2. The van der Waals surface area contributed by atoms with Gasteiger partial charge in [-0.2, -0.15) is 8.78 Å². The predicted molar refractivity (Wildman–Crippen MR) is 108 cm³/mol. The molecule has 0 aliphatic heterocycles. The molecule has 0 saturated carbocycles. The Morgan fingerprint density at radius 3 is 2.62 bits per heavy atom. The van der Waals surface area contributed by atoms with Crippen molar-refractivity contribution in [3.8, 4) is 17.1 Å². The number of aromatic nitrogens is 3. The van der Waals surface area contributed by atoms with Crippen LogP contribution in [-0.2, 0) is 4.79 Å². The maximum Gasteiger partial charge on any atom is 0.387 e. The molecule has 0 aliphatic rings. The van der Waals surface area contributed by atoms with Gasteiger partial charge >= 0.3 is 6.61 Å². The number of ether oxygens (including phenoxy) is 1. The Labute approximate surface area is 170 Å². The zero-order valence-electron chi connectivity index (χ0n) is 15.7. The number of amides is 1. The van der Waals surface area contributed by atoms with E-state index in [9.17, 15) is 13.6 Å². The van der Waals surface area contributed by atoms with Crippen LogP contribution >= 0.6 is 11.8 Å². The minimum Gasteiger partial charge on any atom is -0.435 e. The number of alkyl halides is 2. The van der Waals surface area contributed by atoms with E-state index in [4.69, 9.17) is 5.84 Å². The number of aryl methyl sites for hydroxylation is 1. The zero-order valence-corrected chi connectivity index (χ0v) is 16.5. The molecule has 152 valence electrons. The molecule has 3 N–H and O–H groups in total. The van der Waals surface area contributed by atoms with Crippen LogP contribution in [0.5, 0.6) is 5.75 Å². The number of nitrogens with one attached hydrogen (secondary N) is 1. The minimum atomic E-state index is -2.89. The van der Waals surface area contributed by atoms with Gasteiger partial charge in [-0.25, -0.2) is 4.68 Å². The summed E-state index contributed by atoms with van der Waals surface area (Å²) >= 11 is 1.14. The van der Waals surface area contributed by atoms with Crippen LogP contribution in [0.4, 0.5) is 14.5 Å². The molecule has 0 bridgehead atoms. The van der Waals surface area contributed by atoms with Crippen molar-refractivity contribution in [1.82, 2.24) is 14.9 Å².